The van der Waals surface area contributed by atoms with E-state index in [4.69, 9.17) is 5.73 Å². The molecule has 3 nitrogen and oxygen atoms in total. The molecule has 0 radical (unpaired) electrons. The molecule has 0 aliphatic carbocycles. The number of halogens is 2. The molecule has 0 aromatic carbocycles. The normalized spacial score (nSPS) is 13.3. The van der Waals surface area contributed by atoms with Crippen molar-refractivity contribution in [3.8, 4) is 0 Å². The molecular weight excluding hydrogens is 217 g/mol. The molecule has 0 spiro atoms. The van der Waals surface area contributed by atoms with Crippen LogP contribution in [0.25, 0.3) is 0 Å². The average Bonchev–Trinajstić information content (AvgIpc) is 2.27. The van der Waals surface area contributed by atoms with E-state index in [1.807, 2.05) is 0 Å². The number of aromatic nitrogens is 1. The van der Waals surface area contributed by atoms with Crippen LogP contribution in [0.4, 0.5) is 10.1 Å². The summed E-state index contributed by atoms with van der Waals surface area (Å²) in [7, 11) is 0. The fourth-order valence-corrected chi connectivity index (χ4v) is 1.94. The zero-order valence-electron chi connectivity index (χ0n) is 6.37. The second kappa shape index (κ2) is 4.74. The summed E-state index contributed by atoms with van der Waals surface area (Å²) in [6.45, 7) is 1.06. The van der Waals surface area contributed by atoms with Crippen LogP contribution in [0.5, 0.6) is 0 Å². The Labute approximate surface area is 87.6 Å². The summed E-state index contributed by atoms with van der Waals surface area (Å²) in [5.74, 6) is 0. The Bertz CT molecular complexity index is 227. The molecule has 1 aromatic heterocycles. The number of nitrogens with two attached hydrogens (primary N) is 1. The molecule has 6 heteroatoms. The summed E-state index contributed by atoms with van der Waals surface area (Å²) in [4.78, 5) is 4.19. The standard InChI is InChI=1S/C6H9N3S.2ClH/c7-6-9-4-2-1-3-8-5(4)10-6;;/h8H,1-3H2,(H2,7,9);2*1H. The van der Waals surface area contributed by atoms with Crippen LogP contribution in [0, 0.1) is 0 Å². The minimum absolute atomic E-state index is 0. The molecule has 0 bridgehead atoms. The molecule has 0 atom stereocenters. The molecule has 12 heavy (non-hydrogen) atoms. The molecule has 0 amide bonds. The number of rotatable bonds is 0. The van der Waals surface area contributed by atoms with E-state index < -0.39 is 0 Å². The van der Waals surface area contributed by atoms with E-state index in [1.54, 1.807) is 11.3 Å². The maximum absolute atomic E-state index is 5.53. The first-order valence-corrected chi connectivity index (χ1v) is 4.17. The van der Waals surface area contributed by atoms with Crippen molar-refractivity contribution in [3.63, 3.8) is 0 Å². The van der Waals surface area contributed by atoms with Crippen LogP contribution in [0.3, 0.4) is 0 Å². The third kappa shape index (κ3) is 2.15. The number of hydrogen-bond donors (Lipinski definition) is 2. The summed E-state index contributed by atoms with van der Waals surface area (Å²) >= 11 is 1.55. The van der Waals surface area contributed by atoms with Gasteiger partial charge in [0.15, 0.2) is 5.13 Å². The van der Waals surface area contributed by atoms with E-state index in [0.717, 1.165) is 18.7 Å². The van der Waals surface area contributed by atoms with Crippen LogP contribution in [-0.4, -0.2) is 11.5 Å². The Balaban J connectivity index is 0.000000605. The van der Waals surface area contributed by atoms with Crippen LogP contribution in [0.1, 0.15) is 12.1 Å². The summed E-state index contributed by atoms with van der Waals surface area (Å²) in [5, 5.41) is 5.11. The summed E-state index contributed by atoms with van der Waals surface area (Å²) < 4.78 is 0. The van der Waals surface area contributed by atoms with E-state index in [2.05, 4.69) is 10.3 Å². The van der Waals surface area contributed by atoms with Crippen LogP contribution in [0.2, 0.25) is 0 Å². The van der Waals surface area contributed by atoms with Gasteiger partial charge in [-0.15, -0.1) is 24.8 Å². The first-order chi connectivity index (χ1) is 4.86. The minimum atomic E-state index is 0. The first-order valence-electron chi connectivity index (χ1n) is 3.35. The van der Waals surface area contributed by atoms with Crippen molar-refractivity contribution >= 4 is 46.3 Å². The predicted molar refractivity (Wildman–Crippen MR) is 57.8 cm³/mol. The monoisotopic (exact) mass is 227 g/mol. The molecule has 0 saturated heterocycles. The van der Waals surface area contributed by atoms with Crippen molar-refractivity contribution in [2.24, 2.45) is 0 Å². The predicted octanol–water partition coefficient (Wildman–Crippen LogP) is 1.93. The van der Waals surface area contributed by atoms with Crippen LogP contribution >= 0.6 is 36.2 Å². The van der Waals surface area contributed by atoms with Crippen molar-refractivity contribution in [2.45, 2.75) is 12.8 Å². The Morgan fingerprint density at radius 2 is 2.17 bits per heavy atom. The maximum atomic E-state index is 5.53. The lowest BCUT2D eigenvalue weighted by atomic mass is 10.2. The average molecular weight is 228 g/mol. The molecule has 0 unspecified atom stereocenters. The van der Waals surface area contributed by atoms with E-state index in [-0.39, 0.29) is 24.8 Å². The van der Waals surface area contributed by atoms with Gasteiger partial charge in [0.1, 0.15) is 5.00 Å². The van der Waals surface area contributed by atoms with E-state index in [1.165, 1.54) is 11.4 Å². The van der Waals surface area contributed by atoms with Gasteiger partial charge in [-0.25, -0.2) is 4.98 Å². The number of hydrogen-bond acceptors (Lipinski definition) is 4. The fourth-order valence-electron chi connectivity index (χ4n) is 1.14. The highest BCUT2D eigenvalue weighted by molar-refractivity contribution is 7.19. The molecule has 0 fully saturated rings. The van der Waals surface area contributed by atoms with Gasteiger partial charge >= 0.3 is 0 Å². The molecule has 3 N–H and O–H groups in total. The van der Waals surface area contributed by atoms with Crippen molar-refractivity contribution < 1.29 is 0 Å². The van der Waals surface area contributed by atoms with Crippen molar-refractivity contribution in [2.75, 3.05) is 17.6 Å². The molecule has 1 aliphatic heterocycles. The van der Waals surface area contributed by atoms with E-state index in [9.17, 15) is 0 Å². The number of fused-ring (bicyclic) bond motifs is 1. The SMILES string of the molecule is Cl.Cl.Nc1nc2c(s1)NCCC2. The zero-order chi connectivity index (χ0) is 6.97. The van der Waals surface area contributed by atoms with Crippen molar-refractivity contribution in [1.82, 2.24) is 4.98 Å². The molecule has 2 heterocycles. The molecule has 1 aliphatic rings. The van der Waals surface area contributed by atoms with Gasteiger partial charge in [0.2, 0.25) is 0 Å². The number of nitrogen functional groups attached to an aromatic ring is 1. The number of thiazole rings is 1. The van der Waals surface area contributed by atoms with Gasteiger partial charge in [-0.2, -0.15) is 0 Å². The second-order valence-corrected chi connectivity index (χ2v) is 3.39. The highest BCUT2D eigenvalue weighted by Crippen LogP contribution is 2.29. The Morgan fingerprint density at radius 3 is 2.83 bits per heavy atom. The Kier molecular flexibility index (Phi) is 4.67. The number of aryl methyl sites for hydroxylation is 1. The Hall–Kier alpha value is -0.190. The van der Waals surface area contributed by atoms with Gasteiger partial charge in [-0.3, -0.25) is 0 Å². The second-order valence-electron chi connectivity index (χ2n) is 2.36. The molecule has 0 saturated carbocycles. The number of nitrogens with one attached hydrogen (secondary N) is 1. The fraction of sp³-hybridized carbons (Fsp3) is 0.500. The lowest BCUT2D eigenvalue weighted by Crippen LogP contribution is -2.09. The van der Waals surface area contributed by atoms with Gasteiger partial charge in [0.05, 0.1) is 5.69 Å². The minimum Gasteiger partial charge on any atom is -0.375 e. The Morgan fingerprint density at radius 1 is 1.42 bits per heavy atom. The van der Waals surface area contributed by atoms with Crippen LogP contribution < -0.4 is 11.1 Å². The molecule has 2 rings (SSSR count). The molecule has 70 valence electrons. The number of anilines is 2. The van der Waals surface area contributed by atoms with Crippen molar-refractivity contribution in [3.05, 3.63) is 5.69 Å². The summed E-state index contributed by atoms with van der Waals surface area (Å²) in [5.41, 5.74) is 6.67. The van der Waals surface area contributed by atoms with E-state index in [0.29, 0.717) is 5.13 Å². The molecule has 1 aromatic rings. The first kappa shape index (κ1) is 11.8. The van der Waals surface area contributed by atoms with Gasteiger partial charge < -0.3 is 11.1 Å². The molecular formula is C6H11Cl2N3S. The quantitative estimate of drug-likeness (QED) is 0.713. The summed E-state index contributed by atoms with van der Waals surface area (Å²) in [6.07, 6.45) is 2.26. The maximum Gasteiger partial charge on any atom is 0.182 e. The topological polar surface area (TPSA) is 50.9 Å². The third-order valence-electron chi connectivity index (χ3n) is 1.59. The van der Waals surface area contributed by atoms with Crippen LogP contribution in [0.15, 0.2) is 0 Å². The lowest BCUT2D eigenvalue weighted by Gasteiger charge is -2.10. The highest BCUT2D eigenvalue weighted by atomic mass is 35.5. The van der Waals surface area contributed by atoms with Gasteiger partial charge in [0, 0.05) is 6.54 Å². The largest absolute Gasteiger partial charge is 0.375 e. The van der Waals surface area contributed by atoms with Crippen LogP contribution in [-0.2, 0) is 6.42 Å². The van der Waals surface area contributed by atoms with Gasteiger partial charge in [0.25, 0.3) is 0 Å². The third-order valence-corrected chi connectivity index (χ3v) is 2.47. The van der Waals surface area contributed by atoms with Crippen molar-refractivity contribution in [1.29, 1.82) is 0 Å². The van der Waals surface area contributed by atoms with Gasteiger partial charge in [-0.1, -0.05) is 11.3 Å². The highest BCUT2D eigenvalue weighted by Gasteiger charge is 2.12. The summed E-state index contributed by atoms with van der Waals surface area (Å²) in [6, 6.07) is 0. The number of nitrogens with zero attached hydrogens (tertiary/aromatic N) is 1. The van der Waals surface area contributed by atoms with E-state index >= 15 is 0 Å². The van der Waals surface area contributed by atoms with Gasteiger partial charge in [-0.05, 0) is 12.8 Å². The zero-order valence-corrected chi connectivity index (χ0v) is 8.82. The lowest BCUT2D eigenvalue weighted by molar-refractivity contribution is 0.814. The smallest absolute Gasteiger partial charge is 0.182 e.